The number of pyridine rings is 2. The summed E-state index contributed by atoms with van der Waals surface area (Å²) in [7, 11) is 0. The average Bonchev–Trinajstić information content (AvgIpc) is 2.53. The van der Waals surface area contributed by atoms with Gasteiger partial charge in [-0.1, -0.05) is 0 Å². The van der Waals surface area contributed by atoms with Crippen LogP contribution in [0, 0.1) is 50.4 Å². The van der Waals surface area contributed by atoms with E-state index in [4.69, 9.17) is 0 Å². The molecule has 0 spiro atoms. The van der Waals surface area contributed by atoms with Crippen LogP contribution in [0.25, 0.3) is 0 Å². The van der Waals surface area contributed by atoms with Gasteiger partial charge in [-0.2, -0.15) is 0 Å². The van der Waals surface area contributed by atoms with E-state index >= 15 is 0 Å². The second kappa shape index (κ2) is 8.45. The van der Waals surface area contributed by atoms with E-state index in [1.165, 1.54) is 0 Å². The third-order valence-electron chi connectivity index (χ3n) is 3.49. The Hall–Kier alpha value is -2.21. The number of carbonyl (C=O) groups is 1. The molecule has 26 heavy (non-hydrogen) atoms. The van der Waals surface area contributed by atoms with Crippen LogP contribution in [0.4, 0.5) is 0 Å². The van der Waals surface area contributed by atoms with E-state index in [-0.39, 0.29) is 0 Å². The summed E-state index contributed by atoms with van der Waals surface area (Å²) in [6.07, 6.45) is 0. The number of carboxylic acids is 1. The van der Waals surface area contributed by atoms with E-state index in [2.05, 4.69) is 22.1 Å². The molecule has 0 aromatic carbocycles. The molecule has 2 aromatic heterocycles. The van der Waals surface area contributed by atoms with Gasteiger partial charge in [-0.05, 0) is 0 Å². The van der Waals surface area contributed by atoms with Gasteiger partial charge in [-0.25, -0.2) is 0 Å². The Morgan fingerprint density at radius 2 is 1.35 bits per heavy atom. The maximum atomic E-state index is 11.9. The zero-order chi connectivity index (χ0) is 19.4. The van der Waals surface area contributed by atoms with Gasteiger partial charge in [-0.15, -0.1) is 0 Å². The van der Waals surface area contributed by atoms with Crippen molar-refractivity contribution in [3.05, 3.63) is 45.8 Å². The van der Waals surface area contributed by atoms with Gasteiger partial charge in [0.2, 0.25) is 0 Å². The molecule has 132 valence electrons. The monoisotopic (exact) mass is 480 g/mol. The van der Waals surface area contributed by atoms with Crippen molar-refractivity contribution in [2.45, 2.75) is 31.4 Å². The molecule has 0 atom stereocenters. The van der Waals surface area contributed by atoms with Gasteiger partial charge in [0.25, 0.3) is 0 Å². The molecular formula is C18H16N4O2Se2. The minimum atomic E-state index is -0.945. The van der Waals surface area contributed by atoms with Crippen LogP contribution in [-0.4, -0.2) is 51.0 Å². The standard InChI is InChI=1S/C18H16N4O2Se2/c1-9-5-11(3)21-15(13(9)7-19)25-18(17(23)24)26-16-14(8-20)10(2)6-12(4)22-16/h5-6,18H,1-4H3,(H,23,24). The molecule has 0 fully saturated rings. The zero-order valence-corrected chi connectivity index (χ0v) is 18.1. The summed E-state index contributed by atoms with van der Waals surface area (Å²) in [6.45, 7) is 7.31. The molecule has 2 heterocycles. The fraction of sp³-hybridized carbons (Fsp3) is 0.278. The second-order valence-electron chi connectivity index (χ2n) is 5.65. The molecule has 1 N–H and O–H groups in total. The van der Waals surface area contributed by atoms with Gasteiger partial charge in [0, 0.05) is 0 Å². The third kappa shape index (κ3) is 4.49. The summed E-state index contributed by atoms with van der Waals surface area (Å²) < 4.78 is 0.404. The Labute approximate surface area is 164 Å². The normalized spacial score (nSPS) is 10.4. The summed E-state index contributed by atoms with van der Waals surface area (Å²) >= 11 is -1.08. The van der Waals surface area contributed by atoms with Gasteiger partial charge in [0.05, 0.1) is 0 Å². The molecule has 0 aliphatic carbocycles. The first kappa shape index (κ1) is 20.1. The minimum absolute atomic E-state index is 0.450. The van der Waals surface area contributed by atoms with Crippen molar-refractivity contribution in [2.24, 2.45) is 0 Å². The fourth-order valence-electron chi connectivity index (χ4n) is 2.38. The van der Waals surface area contributed by atoms with E-state index < -0.39 is 39.6 Å². The van der Waals surface area contributed by atoms with Crippen LogP contribution in [0.15, 0.2) is 12.1 Å². The SMILES string of the molecule is Cc1cc(C)c(C#N)c([Se]C([Se]c2nc(C)cc(C)c2C#N)C(=O)O)n1. The van der Waals surface area contributed by atoms with Crippen molar-refractivity contribution in [3.8, 4) is 12.1 Å². The van der Waals surface area contributed by atoms with Gasteiger partial charge < -0.3 is 0 Å². The zero-order valence-electron chi connectivity index (χ0n) is 14.7. The predicted octanol–water partition coefficient (Wildman–Crippen LogP) is 0.643. The van der Waals surface area contributed by atoms with E-state index in [1.54, 1.807) is 0 Å². The van der Waals surface area contributed by atoms with Gasteiger partial charge in [0.15, 0.2) is 0 Å². The van der Waals surface area contributed by atoms with E-state index in [1.807, 2.05) is 39.8 Å². The first-order valence-corrected chi connectivity index (χ1v) is 11.3. The average molecular weight is 478 g/mol. The Bertz CT molecular complexity index is 890. The maximum absolute atomic E-state index is 11.9. The van der Waals surface area contributed by atoms with Crippen molar-refractivity contribution in [1.82, 2.24) is 9.97 Å². The van der Waals surface area contributed by atoms with Gasteiger partial charge >= 0.3 is 165 Å². The van der Waals surface area contributed by atoms with E-state index in [0.717, 1.165) is 22.5 Å². The Balaban J connectivity index is 2.44. The third-order valence-corrected chi connectivity index (χ3v) is 9.50. The first-order valence-electron chi connectivity index (χ1n) is 7.59. The summed E-state index contributed by atoms with van der Waals surface area (Å²) in [5.74, 6) is -0.945. The summed E-state index contributed by atoms with van der Waals surface area (Å²) in [6, 6.07) is 7.91. The molecule has 0 saturated heterocycles. The molecule has 0 radical (unpaired) electrons. The molecule has 6 nitrogen and oxygen atoms in total. The summed E-state index contributed by atoms with van der Waals surface area (Å²) in [4.78, 5) is 20.7. The van der Waals surface area contributed by atoms with Crippen LogP contribution >= 0.6 is 0 Å². The number of hydrogen-bond donors (Lipinski definition) is 1. The Kier molecular flexibility index (Phi) is 6.53. The van der Waals surface area contributed by atoms with Crippen LogP contribution in [0.3, 0.4) is 0 Å². The molecule has 0 saturated carbocycles. The molecule has 2 rings (SSSR count). The number of aliphatic carboxylic acids is 1. The van der Waals surface area contributed by atoms with Crippen LogP contribution in [0.2, 0.25) is 3.71 Å². The van der Waals surface area contributed by atoms with Crippen molar-refractivity contribution in [3.63, 3.8) is 0 Å². The van der Waals surface area contributed by atoms with Crippen molar-refractivity contribution in [2.75, 3.05) is 0 Å². The molecule has 0 unspecified atom stereocenters. The van der Waals surface area contributed by atoms with Gasteiger partial charge in [-0.3, -0.25) is 0 Å². The number of aromatic nitrogens is 2. The van der Waals surface area contributed by atoms with Crippen molar-refractivity contribution in [1.29, 1.82) is 10.5 Å². The number of rotatable bonds is 5. The number of nitrogens with zero attached hydrogens (tertiary/aromatic N) is 4. The van der Waals surface area contributed by atoms with E-state index in [0.29, 0.717) is 20.3 Å². The van der Waals surface area contributed by atoms with Crippen molar-refractivity contribution < 1.29 is 9.90 Å². The predicted molar refractivity (Wildman–Crippen MR) is 99.0 cm³/mol. The second-order valence-corrected chi connectivity index (χ2v) is 11.8. The molecule has 0 aliphatic rings. The molecule has 2 aromatic rings. The number of hydrogen-bond acceptors (Lipinski definition) is 5. The Morgan fingerprint density at radius 3 is 1.65 bits per heavy atom. The molecule has 8 heteroatoms. The first-order chi connectivity index (χ1) is 12.3. The molecular weight excluding hydrogens is 462 g/mol. The quantitative estimate of drug-likeness (QED) is 0.632. The fourth-order valence-corrected chi connectivity index (χ4v) is 8.45. The molecule has 0 amide bonds. The number of aryl methyl sites for hydroxylation is 4. The van der Waals surface area contributed by atoms with E-state index in [9.17, 15) is 20.4 Å². The molecule has 0 bridgehead atoms. The van der Waals surface area contributed by atoms with Crippen LogP contribution in [0.5, 0.6) is 0 Å². The Morgan fingerprint density at radius 1 is 0.962 bits per heavy atom. The molecule has 0 aliphatic heterocycles. The van der Waals surface area contributed by atoms with Crippen LogP contribution < -0.4 is 9.18 Å². The van der Waals surface area contributed by atoms with Gasteiger partial charge in [0.1, 0.15) is 0 Å². The number of nitriles is 2. The summed E-state index contributed by atoms with van der Waals surface area (Å²) in [5.41, 5.74) is 4.03. The van der Waals surface area contributed by atoms with Crippen LogP contribution in [0.1, 0.15) is 33.6 Å². The summed E-state index contributed by atoms with van der Waals surface area (Å²) in [5, 5.41) is 28.5. The number of carboxylic acid groups (broad SMARTS) is 1. The topological polar surface area (TPSA) is 111 Å². The van der Waals surface area contributed by atoms with Crippen molar-refractivity contribution >= 4 is 45.1 Å². The van der Waals surface area contributed by atoms with Crippen LogP contribution in [-0.2, 0) is 4.79 Å².